The van der Waals surface area contributed by atoms with Crippen molar-refractivity contribution in [1.82, 2.24) is 0 Å². The van der Waals surface area contributed by atoms with E-state index in [2.05, 4.69) is 0 Å². The normalized spacial score (nSPS) is 24.0. The van der Waals surface area contributed by atoms with Gasteiger partial charge >= 0.3 is 0 Å². The van der Waals surface area contributed by atoms with E-state index in [0.29, 0.717) is 12.8 Å². The Morgan fingerprint density at radius 2 is 1.62 bits per heavy atom. The fourth-order valence-electron chi connectivity index (χ4n) is 0.620. The molecule has 0 aliphatic heterocycles. The van der Waals surface area contributed by atoms with Crippen LogP contribution in [0.3, 0.4) is 0 Å². The molecule has 0 aromatic carbocycles. The van der Waals surface area contributed by atoms with Gasteiger partial charge in [0.25, 0.3) is 6.43 Å². The Labute approximate surface area is 45.7 Å². The molecule has 1 aliphatic carbocycles. The molecule has 1 saturated carbocycles. The number of rotatable bonds is 2. The summed E-state index contributed by atoms with van der Waals surface area (Å²) in [6.45, 7) is 0. The van der Waals surface area contributed by atoms with Crippen molar-refractivity contribution in [1.29, 1.82) is 0 Å². The second-order valence-electron chi connectivity index (χ2n) is 2.12. The molecule has 0 saturated heterocycles. The van der Waals surface area contributed by atoms with E-state index in [4.69, 9.17) is 0 Å². The van der Waals surface area contributed by atoms with Crippen LogP contribution >= 0.6 is 0 Å². The quantitative estimate of drug-likeness (QED) is 0.528. The summed E-state index contributed by atoms with van der Waals surface area (Å²) in [5.41, 5.74) is 0. The number of alkyl halides is 3. The lowest BCUT2D eigenvalue weighted by molar-refractivity contribution is 0.0380. The van der Waals surface area contributed by atoms with Crippen molar-refractivity contribution >= 4 is 0 Å². The Kier molecular flexibility index (Phi) is 1.45. The largest absolute Gasteiger partial charge is 0.269 e. The molecule has 0 heterocycles. The maximum absolute atomic E-state index is 12.0. The van der Waals surface area contributed by atoms with Gasteiger partial charge in [-0.15, -0.1) is 0 Å². The second-order valence-corrected chi connectivity index (χ2v) is 2.12. The summed E-state index contributed by atoms with van der Waals surface area (Å²) < 4.78 is 34.6. The topological polar surface area (TPSA) is 0 Å². The number of hydrogen-bond donors (Lipinski definition) is 0. The molecule has 0 nitrogen and oxygen atoms in total. The third kappa shape index (κ3) is 1.14. The minimum Gasteiger partial charge on any atom is -0.241 e. The summed E-state index contributed by atoms with van der Waals surface area (Å²) in [4.78, 5) is 0. The third-order valence-corrected chi connectivity index (χ3v) is 1.31. The fourth-order valence-corrected chi connectivity index (χ4v) is 0.620. The molecular formula is C5H7F3. The first-order valence-corrected chi connectivity index (χ1v) is 2.64. The zero-order chi connectivity index (χ0) is 6.15. The minimum absolute atomic E-state index is 0.324. The van der Waals surface area contributed by atoms with E-state index in [1.807, 2.05) is 0 Å². The van der Waals surface area contributed by atoms with Crippen molar-refractivity contribution in [3.05, 3.63) is 0 Å². The van der Waals surface area contributed by atoms with E-state index in [-0.39, 0.29) is 5.92 Å². The van der Waals surface area contributed by atoms with Crippen molar-refractivity contribution in [2.45, 2.75) is 25.4 Å². The highest BCUT2D eigenvalue weighted by Gasteiger charge is 2.37. The standard InChI is InChI=1S/C5H7F3/c6-4(5(7)8)3-1-2-3/h3-5H,1-2H2/t4-/m0/s1. The Morgan fingerprint density at radius 3 is 1.75 bits per heavy atom. The van der Waals surface area contributed by atoms with Gasteiger partial charge in [0.05, 0.1) is 0 Å². The molecule has 48 valence electrons. The van der Waals surface area contributed by atoms with Crippen molar-refractivity contribution < 1.29 is 13.2 Å². The maximum atomic E-state index is 12.0. The molecule has 0 aromatic rings. The first-order chi connectivity index (χ1) is 3.72. The maximum Gasteiger partial charge on any atom is 0.269 e. The summed E-state index contributed by atoms with van der Waals surface area (Å²) in [5.74, 6) is -0.324. The highest BCUT2D eigenvalue weighted by atomic mass is 19.3. The predicted molar refractivity (Wildman–Crippen MR) is 23.6 cm³/mol. The van der Waals surface area contributed by atoms with Crippen LogP contribution in [0.5, 0.6) is 0 Å². The molecule has 0 aromatic heterocycles. The molecule has 0 unspecified atom stereocenters. The van der Waals surface area contributed by atoms with E-state index in [9.17, 15) is 13.2 Å². The molecule has 1 fully saturated rings. The Morgan fingerprint density at radius 1 is 1.12 bits per heavy atom. The second kappa shape index (κ2) is 1.96. The average Bonchev–Trinajstić information content (AvgIpc) is 2.43. The van der Waals surface area contributed by atoms with Gasteiger partial charge in [-0.05, 0) is 18.8 Å². The van der Waals surface area contributed by atoms with Gasteiger partial charge in [-0.2, -0.15) is 0 Å². The summed E-state index contributed by atoms with van der Waals surface area (Å²) in [6, 6.07) is 0. The SMILES string of the molecule is FC(F)[C@@H](F)C1CC1. The Balaban J connectivity index is 2.22. The number of halogens is 3. The van der Waals surface area contributed by atoms with Crippen LogP contribution in [0.15, 0.2) is 0 Å². The van der Waals surface area contributed by atoms with E-state index < -0.39 is 12.6 Å². The van der Waals surface area contributed by atoms with Crippen LogP contribution in [0.2, 0.25) is 0 Å². The zero-order valence-corrected chi connectivity index (χ0v) is 4.28. The first-order valence-electron chi connectivity index (χ1n) is 2.64. The first kappa shape index (κ1) is 5.92. The van der Waals surface area contributed by atoms with Gasteiger partial charge in [0, 0.05) is 0 Å². The van der Waals surface area contributed by atoms with E-state index in [1.165, 1.54) is 0 Å². The van der Waals surface area contributed by atoms with Gasteiger partial charge < -0.3 is 0 Å². The molecule has 0 amide bonds. The molecular weight excluding hydrogens is 117 g/mol. The van der Waals surface area contributed by atoms with Gasteiger partial charge in [-0.3, -0.25) is 0 Å². The molecule has 0 spiro atoms. The molecule has 1 atom stereocenters. The van der Waals surface area contributed by atoms with Crippen LogP contribution in [0.4, 0.5) is 13.2 Å². The number of hydrogen-bond acceptors (Lipinski definition) is 0. The molecule has 8 heavy (non-hydrogen) atoms. The van der Waals surface area contributed by atoms with Gasteiger partial charge in [0.15, 0.2) is 6.17 Å². The fraction of sp³-hybridized carbons (Fsp3) is 1.00. The smallest absolute Gasteiger partial charge is 0.241 e. The Bertz CT molecular complexity index is 75.7. The molecule has 1 rings (SSSR count). The van der Waals surface area contributed by atoms with Gasteiger partial charge in [-0.1, -0.05) is 0 Å². The summed E-state index contributed by atoms with van der Waals surface area (Å²) in [6.07, 6.45) is -3.32. The van der Waals surface area contributed by atoms with Crippen molar-refractivity contribution in [3.63, 3.8) is 0 Å². The third-order valence-electron chi connectivity index (χ3n) is 1.31. The van der Waals surface area contributed by atoms with Crippen LogP contribution < -0.4 is 0 Å². The molecule has 0 N–H and O–H groups in total. The van der Waals surface area contributed by atoms with Crippen LogP contribution in [0, 0.1) is 5.92 Å². The summed E-state index contributed by atoms with van der Waals surface area (Å²) in [7, 11) is 0. The van der Waals surface area contributed by atoms with Gasteiger partial charge in [0.2, 0.25) is 0 Å². The molecule has 3 heteroatoms. The minimum atomic E-state index is -2.76. The van der Waals surface area contributed by atoms with Crippen molar-refractivity contribution in [2.24, 2.45) is 5.92 Å². The lowest BCUT2D eigenvalue weighted by Gasteiger charge is -2.01. The lowest BCUT2D eigenvalue weighted by atomic mass is 10.3. The monoisotopic (exact) mass is 124 g/mol. The lowest BCUT2D eigenvalue weighted by Crippen LogP contribution is -2.13. The molecule has 0 bridgehead atoms. The van der Waals surface area contributed by atoms with Gasteiger partial charge in [-0.25, -0.2) is 13.2 Å². The molecule has 0 radical (unpaired) electrons. The van der Waals surface area contributed by atoms with Crippen LogP contribution in [-0.2, 0) is 0 Å². The van der Waals surface area contributed by atoms with E-state index in [1.54, 1.807) is 0 Å². The average molecular weight is 124 g/mol. The van der Waals surface area contributed by atoms with Crippen LogP contribution in [0.1, 0.15) is 12.8 Å². The Hall–Kier alpha value is -0.210. The van der Waals surface area contributed by atoms with Gasteiger partial charge in [0.1, 0.15) is 0 Å². The summed E-state index contributed by atoms with van der Waals surface area (Å²) >= 11 is 0. The van der Waals surface area contributed by atoms with Crippen molar-refractivity contribution in [2.75, 3.05) is 0 Å². The van der Waals surface area contributed by atoms with Crippen LogP contribution in [-0.4, -0.2) is 12.6 Å². The predicted octanol–water partition coefficient (Wildman–Crippen LogP) is 2.00. The highest BCUT2D eigenvalue weighted by molar-refractivity contribution is 4.82. The van der Waals surface area contributed by atoms with Crippen molar-refractivity contribution in [3.8, 4) is 0 Å². The molecule has 1 aliphatic rings. The van der Waals surface area contributed by atoms with E-state index in [0.717, 1.165) is 0 Å². The highest BCUT2D eigenvalue weighted by Crippen LogP contribution is 2.36. The zero-order valence-electron chi connectivity index (χ0n) is 4.28. The van der Waals surface area contributed by atoms with Crippen LogP contribution in [0.25, 0.3) is 0 Å². The van der Waals surface area contributed by atoms with E-state index >= 15 is 0 Å². The summed E-state index contributed by atoms with van der Waals surface area (Å²) in [5, 5.41) is 0.